The smallest absolute Gasteiger partial charge is 0.306 e. The number of hydrogen-bond donors (Lipinski definition) is 3. The number of hydrogen-bond acceptors (Lipinski definition) is 5. The van der Waals surface area contributed by atoms with Crippen molar-refractivity contribution in [3.05, 3.63) is 72.9 Å². The van der Waals surface area contributed by atoms with Crippen LogP contribution in [0.3, 0.4) is 0 Å². The van der Waals surface area contributed by atoms with Gasteiger partial charge in [0, 0.05) is 6.42 Å². The minimum Gasteiger partial charge on any atom is -0.462 e. The summed E-state index contributed by atoms with van der Waals surface area (Å²) in [5.74, 6) is -0.544. The van der Waals surface area contributed by atoms with Gasteiger partial charge < -0.3 is 20.3 Å². The number of ether oxygens (including phenoxy) is 1. The molecular formula is C48H83NO5. The van der Waals surface area contributed by atoms with Crippen LogP contribution in [-0.2, 0) is 14.3 Å². The van der Waals surface area contributed by atoms with Crippen molar-refractivity contribution in [3.63, 3.8) is 0 Å². The fraction of sp³-hybridized carbons (Fsp3) is 0.708. The highest BCUT2D eigenvalue weighted by Crippen LogP contribution is 2.16. The Kier molecular flexibility index (Phi) is 39.4. The van der Waals surface area contributed by atoms with Crippen LogP contribution in [0.1, 0.15) is 194 Å². The van der Waals surface area contributed by atoms with Crippen LogP contribution < -0.4 is 5.32 Å². The molecule has 0 aromatic carbocycles. The number of rotatable bonds is 38. The lowest BCUT2D eigenvalue weighted by Gasteiger charge is -2.24. The van der Waals surface area contributed by atoms with E-state index in [4.69, 9.17) is 4.74 Å². The van der Waals surface area contributed by atoms with Crippen molar-refractivity contribution >= 4 is 11.9 Å². The van der Waals surface area contributed by atoms with Crippen molar-refractivity contribution in [1.29, 1.82) is 0 Å². The quantitative estimate of drug-likeness (QED) is 0.0252. The van der Waals surface area contributed by atoms with Gasteiger partial charge in [-0.3, -0.25) is 9.59 Å². The topological polar surface area (TPSA) is 95.9 Å². The van der Waals surface area contributed by atoms with Crippen molar-refractivity contribution in [3.8, 4) is 0 Å². The van der Waals surface area contributed by atoms with Crippen LogP contribution >= 0.6 is 0 Å². The van der Waals surface area contributed by atoms with E-state index in [1.54, 1.807) is 0 Å². The lowest BCUT2D eigenvalue weighted by molar-refractivity contribution is -0.151. The zero-order valence-corrected chi connectivity index (χ0v) is 35.1. The van der Waals surface area contributed by atoms with Crippen molar-refractivity contribution in [2.45, 2.75) is 212 Å². The summed E-state index contributed by atoms with van der Waals surface area (Å²) in [4.78, 5) is 25.9. The molecule has 3 N–H and O–H groups in total. The molecule has 3 unspecified atom stereocenters. The molecule has 1 amide bonds. The van der Waals surface area contributed by atoms with Gasteiger partial charge in [0.25, 0.3) is 0 Å². The molecule has 3 atom stereocenters. The Bertz CT molecular complexity index is 1030. The number of allylic oxidation sites excluding steroid dienone is 12. The number of aliphatic hydroxyl groups is 2. The predicted molar refractivity (Wildman–Crippen MR) is 231 cm³/mol. The maximum absolute atomic E-state index is 13.1. The van der Waals surface area contributed by atoms with E-state index < -0.39 is 18.2 Å². The van der Waals surface area contributed by atoms with E-state index in [2.05, 4.69) is 86.8 Å². The number of esters is 1. The van der Waals surface area contributed by atoms with E-state index >= 15 is 0 Å². The summed E-state index contributed by atoms with van der Waals surface area (Å²) in [6, 6.07) is -0.718. The van der Waals surface area contributed by atoms with E-state index in [9.17, 15) is 19.8 Å². The Hall–Kier alpha value is -2.70. The minimum absolute atomic E-state index is 0.0418. The zero-order chi connectivity index (χ0) is 39.6. The molecule has 0 rings (SSSR count). The predicted octanol–water partition coefficient (Wildman–Crippen LogP) is 12.7. The second-order valence-corrected chi connectivity index (χ2v) is 14.7. The molecule has 0 saturated heterocycles. The van der Waals surface area contributed by atoms with Crippen molar-refractivity contribution < 1.29 is 24.5 Å². The highest BCUT2D eigenvalue weighted by molar-refractivity contribution is 5.77. The summed E-state index contributed by atoms with van der Waals surface area (Å²) in [6.07, 6.45) is 51.1. The number of nitrogens with one attached hydrogen (secondary N) is 1. The van der Waals surface area contributed by atoms with Gasteiger partial charge in [-0.25, -0.2) is 0 Å². The summed E-state index contributed by atoms with van der Waals surface area (Å²) >= 11 is 0. The first-order valence-corrected chi connectivity index (χ1v) is 22.2. The maximum atomic E-state index is 13.1. The Labute approximate surface area is 332 Å². The lowest BCUT2D eigenvalue weighted by atomic mass is 10.0. The zero-order valence-electron chi connectivity index (χ0n) is 35.1. The third kappa shape index (κ3) is 36.3. The second kappa shape index (κ2) is 41.5. The molecular weight excluding hydrogens is 671 g/mol. The SMILES string of the molecule is CC/C=C/C=C/C=C\CCCCCC(CC(=O)NC(CO)C(O)CCCCCCCCCCCC)OC(=O)CCCCCC/C=C/C/C=C/C/C=C/CC. The Morgan fingerprint density at radius 1 is 0.574 bits per heavy atom. The Morgan fingerprint density at radius 2 is 1.09 bits per heavy atom. The Balaban J connectivity index is 4.69. The van der Waals surface area contributed by atoms with Crippen molar-refractivity contribution in [2.24, 2.45) is 0 Å². The van der Waals surface area contributed by atoms with E-state index in [-0.39, 0.29) is 24.9 Å². The molecule has 6 nitrogen and oxygen atoms in total. The number of aliphatic hydroxyl groups excluding tert-OH is 2. The highest BCUT2D eigenvalue weighted by Gasteiger charge is 2.24. The summed E-state index contributed by atoms with van der Waals surface area (Å²) in [5, 5.41) is 23.6. The van der Waals surface area contributed by atoms with Gasteiger partial charge in [-0.05, 0) is 77.0 Å². The van der Waals surface area contributed by atoms with Gasteiger partial charge in [0.1, 0.15) is 6.10 Å². The second-order valence-electron chi connectivity index (χ2n) is 14.7. The number of carbonyl (C=O) groups is 2. The lowest BCUT2D eigenvalue weighted by Crippen LogP contribution is -2.46. The number of carbonyl (C=O) groups excluding carboxylic acids is 2. The van der Waals surface area contributed by atoms with Crippen LogP contribution in [-0.4, -0.2) is 46.9 Å². The molecule has 310 valence electrons. The van der Waals surface area contributed by atoms with E-state index in [0.29, 0.717) is 19.3 Å². The van der Waals surface area contributed by atoms with Crippen molar-refractivity contribution in [2.75, 3.05) is 6.61 Å². The van der Waals surface area contributed by atoms with E-state index in [1.807, 2.05) is 12.2 Å². The van der Waals surface area contributed by atoms with Crippen LogP contribution in [0.15, 0.2) is 72.9 Å². The van der Waals surface area contributed by atoms with Crippen LogP contribution in [0, 0.1) is 0 Å². The number of unbranched alkanes of at least 4 members (excludes halogenated alkanes) is 16. The number of amides is 1. The van der Waals surface area contributed by atoms with Gasteiger partial charge >= 0.3 is 5.97 Å². The highest BCUT2D eigenvalue weighted by atomic mass is 16.5. The average Bonchev–Trinajstić information content (AvgIpc) is 3.16. The maximum Gasteiger partial charge on any atom is 0.306 e. The van der Waals surface area contributed by atoms with Gasteiger partial charge in [0.2, 0.25) is 5.91 Å². The first-order chi connectivity index (χ1) is 26.5. The largest absolute Gasteiger partial charge is 0.462 e. The molecule has 0 aliphatic heterocycles. The average molecular weight is 754 g/mol. The Morgan fingerprint density at radius 3 is 1.74 bits per heavy atom. The fourth-order valence-electron chi connectivity index (χ4n) is 6.27. The minimum atomic E-state index is -0.801. The normalized spacial score (nSPS) is 14.1. The summed E-state index contributed by atoms with van der Waals surface area (Å²) < 4.78 is 5.86. The molecule has 0 aliphatic rings. The van der Waals surface area contributed by atoms with E-state index in [0.717, 1.165) is 103 Å². The van der Waals surface area contributed by atoms with Gasteiger partial charge in [-0.15, -0.1) is 0 Å². The molecule has 0 saturated carbocycles. The molecule has 54 heavy (non-hydrogen) atoms. The van der Waals surface area contributed by atoms with Gasteiger partial charge in [0.15, 0.2) is 0 Å². The molecule has 0 spiro atoms. The van der Waals surface area contributed by atoms with Gasteiger partial charge in [-0.1, -0.05) is 177 Å². The van der Waals surface area contributed by atoms with E-state index in [1.165, 1.54) is 44.9 Å². The molecule has 0 heterocycles. The van der Waals surface area contributed by atoms with Crippen LogP contribution in [0.2, 0.25) is 0 Å². The molecule has 0 fully saturated rings. The standard InChI is InChI=1S/C48H83NO5/c1-4-7-10-13-16-19-22-23-24-26-29-32-35-38-41-48(53)54-44(39-36-33-30-27-25-20-17-14-11-8-5-2)42-47(52)49-45(43-50)46(51)40-37-34-31-28-21-18-15-12-9-6-3/h7-8,10-11,14,16-17,19-20,23-25,44-46,50-51H,4-6,9,12-13,15,18,21-22,26-43H2,1-3H3,(H,49,52)/b10-7+,11-8+,17-14+,19-16+,24-23+,25-20-. The summed E-state index contributed by atoms with van der Waals surface area (Å²) in [6.45, 7) is 6.18. The third-order valence-electron chi connectivity index (χ3n) is 9.59. The monoisotopic (exact) mass is 754 g/mol. The molecule has 0 aromatic rings. The summed E-state index contributed by atoms with van der Waals surface area (Å²) in [5.41, 5.74) is 0. The van der Waals surface area contributed by atoms with Gasteiger partial charge in [0.05, 0.1) is 25.2 Å². The van der Waals surface area contributed by atoms with Crippen LogP contribution in [0.25, 0.3) is 0 Å². The first-order valence-electron chi connectivity index (χ1n) is 22.2. The molecule has 6 heteroatoms. The van der Waals surface area contributed by atoms with Gasteiger partial charge in [-0.2, -0.15) is 0 Å². The van der Waals surface area contributed by atoms with Crippen LogP contribution in [0.5, 0.6) is 0 Å². The summed E-state index contributed by atoms with van der Waals surface area (Å²) in [7, 11) is 0. The fourth-order valence-corrected chi connectivity index (χ4v) is 6.27. The first kappa shape index (κ1) is 51.3. The van der Waals surface area contributed by atoms with Crippen LogP contribution in [0.4, 0.5) is 0 Å². The molecule has 0 aromatic heterocycles. The molecule has 0 radical (unpaired) electrons. The molecule has 0 bridgehead atoms. The third-order valence-corrected chi connectivity index (χ3v) is 9.59. The molecule has 0 aliphatic carbocycles. The van der Waals surface area contributed by atoms with Crippen molar-refractivity contribution in [1.82, 2.24) is 5.32 Å².